The quantitative estimate of drug-likeness (QED) is 0.0777. The van der Waals surface area contributed by atoms with Crippen LogP contribution in [0.5, 0.6) is 11.5 Å². The van der Waals surface area contributed by atoms with E-state index in [1.54, 1.807) is 38.6 Å². The van der Waals surface area contributed by atoms with Crippen molar-refractivity contribution in [2.24, 2.45) is 0 Å². The smallest absolute Gasteiger partial charge is 0.274 e. The van der Waals surface area contributed by atoms with E-state index in [0.29, 0.717) is 39.0 Å². The van der Waals surface area contributed by atoms with Crippen LogP contribution < -0.4 is 15.6 Å². The second-order valence-corrected chi connectivity index (χ2v) is 17.2. The van der Waals surface area contributed by atoms with Crippen LogP contribution >= 0.6 is 0 Å². The van der Waals surface area contributed by atoms with Crippen LogP contribution in [0.1, 0.15) is 119 Å². The van der Waals surface area contributed by atoms with E-state index in [2.05, 4.69) is 0 Å². The maximum atomic E-state index is 13.4. The van der Waals surface area contributed by atoms with Crippen molar-refractivity contribution in [3.8, 4) is 11.5 Å². The molecule has 5 aromatic rings. The number of amides is 2. The normalized spacial score (nSPS) is 16.9. The molecule has 0 saturated carbocycles. The number of aromatic hydroxyl groups is 1. The first-order valence-electron chi connectivity index (χ1n) is 22.6. The molecule has 5 aliphatic heterocycles. The summed E-state index contributed by atoms with van der Waals surface area (Å²) in [5.74, 6) is -2.72. The number of nitrogens with zero attached hydrogens (tertiary/aromatic N) is 4. The zero-order chi connectivity index (χ0) is 46.3. The van der Waals surface area contributed by atoms with Gasteiger partial charge in [0, 0.05) is 86.5 Å². The second kappa shape index (κ2) is 25.7. The van der Waals surface area contributed by atoms with Crippen LogP contribution in [0.2, 0.25) is 0 Å². The molecule has 2 amide bonds. The fourth-order valence-electron chi connectivity index (χ4n) is 9.19. The maximum absolute atomic E-state index is 13.4. The molecule has 0 bridgehead atoms. The Morgan fingerprint density at radius 3 is 1.57 bits per heavy atom. The summed E-state index contributed by atoms with van der Waals surface area (Å²) in [4.78, 5) is 80.9. The molecular weight excluding hydrogens is 993 g/mol. The molecule has 3 saturated heterocycles. The van der Waals surface area contributed by atoms with Gasteiger partial charge in [0.05, 0.1) is 23.2 Å². The number of carbonyl (C=O) groups is 4. The van der Waals surface area contributed by atoms with Crippen molar-refractivity contribution in [1.82, 2.24) is 18.9 Å². The van der Waals surface area contributed by atoms with Crippen molar-refractivity contribution in [3.05, 3.63) is 177 Å². The fourth-order valence-corrected chi connectivity index (χ4v) is 9.19. The van der Waals surface area contributed by atoms with E-state index in [9.17, 15) is 42.7 Å². The average Bonchev–Trinajstić information content (AvgIpc) is 4.16. The molecule has 0 radical (unpaired) electrons. The van der Waals surface area contributed by atoms with Crippen LogP contribution in [0.3, 0.4) is 0 Å². The molecule has 16 heteroatoms. The number of carbonyl (C=O) groups excluding carboxylic acids is 4. The Bertz CT molecular complexity index is 2720. The van der Waals surface area contributed by atoms with Gasteiger partial charge in [-0.25, -0.2) is 8.78 Å². The molecule has 2 atom stereocenters. The summed E-state index contributed by atoms with van der Waals surface area (Å²) in [5.41, 5.74) is 1.17. The van der Waals surface area contributed by atoms with E-state index in [4.69, 9.17) is 9.47 Å². The minimum absolute atomic E-state index is 0. The molecule has 5 aliphatic rings. The van der Waals surface area contributed by atoms with Gasteiger partial charge in [-0.2, -0.15) is 0 Å². The number of rotatable bonds is 11. The number of aryl methyl sites for hydroxylation is 2. The SMILES string of the molecule is C.C1CCOC1.O=C(CCc1ccc(F)cc1)c1cn2c(c(O)c1=O)C(=O)N1CCC[C@@H]1C2.O=C(CCc1ccc(F)cc1)c1cn2c(c(OCc3ccccc3)c1=O)C(=O)N1CCC[C@@H]1C2.[CH3-].[CH3-].[HH].[Pd]. The number of ketones is 2. The van der Waals surface area contributed by atoms with Crippen LogP contribution in [0.4, 0.5) is 8.78 Å². The summed E-state index contributed by atoms with van der Waals surface area (Å²) < 4.78 is 40.3. The molecule has 3 aromatic carbocycles. The zero-order valence-corrected chi connectivity index (χ0v) is 40.5. The number of hydrogen-bond donors (Lipinski definition) is 1. The Hall–Kier alpha value is -6.08. The third-order valence-corrected chi connectivity index (χ3v) is 12.8. The Labute approximate surface area is 423 Å². The van der Waals surface area contributed by atoms with Crippen molar-refractivity contribution in [2.75, 3.05) is 26.3 Å². The standard InChI is InChI=1S/C27H25FN2O4.C20H19FN2O4.C4H8O.CH4.2CH3.Pd.H2/c28-20-11-8-18(9-12-20)10-13-23(31)22-16-29-15-21-7-4-14-30(21)27(33)24(29)26(25(22)32)34-17-19-5-2-1-3-6-19;21-13-6-3-12(4-7-13)5-8-16(24)15-11-22-10-14-2-1-9-23(14)20(27)17(22)19(26)18(15)25;1-2-4-5-3-1;;;;;/h1-3,5-6,8-9,11-12,16,21H,4,7,10,13-15,17H2;3-4,6-7,11,14,26H,1-2,5,8-10H2;1-4H2;1H4;2*1H3;;1H/q;;;;2*-1;;/t21-;14-;;;;;;/m11....../s1. The van der Waals surface area contributed by atoms with Crippen LogP contribution in [0, 0.1) is 26.5 Å². The molecule has 1 N–H and O–H groups in total. The molecule has 380 valence electrons. The number of benzene rings is 3. The van der Waals surface area contributed by atoms with Crippen LogP contribution in [-0.2, 0) is 57.7 Å². The minimum atomic E-state index is -0.809. The van der Waals surface area contributed by atoms with Gasteiger partial charge in [-0.1, -0.05) is 62.0 Å². The number of halogens is 2. The third-order valence-electron chi connectivity index (χ3n) is 12.8. The molecule has 7 heterocycles. The molecule has 10 rings (SSSR count). The topological polar surface area (TPSA) is 157 Å². The summed E-state index contributed by atoms with van der Waals surface area (Å²) >= 11 is 0. The minimum Gasteiger partial charge on any atom is -0.503 e. The van der Waals surface area contributed by atoms with Gasteiger partial charge in [0.25, 0.3) is 11.8 Å². The predicted octanol–water partition coefficient (Wildman–Crippen LogP) is 8.70. The van der Waals surface area contributed by atoms with Crippen LogP contribution in [0.15, 0.2) is 101 Å². The van der Waals surface area contributed by atoms with Crippen LogP contribution in [-0.4, -0.2) is 85.8 Å². The summed E-state index contributed by atoms with van der Waals surface area (Å²) in [6.07, 6.45) is 9.94. The summed E-state index contributed by atoms with van der Waals surface area (Å²) in [6, 6.07) is 21.3. The molecule has 3 fully saturated rings. The van der Waals surface area contributed by atoms with Gasteiger partial charge in [0.1, 0.15) is 18.2 Å². The largest absolute Gasteiger partial charge is 0.503 e. The fraction of sp³-hybridized carbons (Fsp3) is 0.370. The second-order valence-electron chi connectivity index (χ2n) is 17.2. The number of ether oxygens (including phenoxy) is 2. The maximum Gasteiger partial charge on any atom is 0.274 e. The van der Waals surface area contributed by atoms with Gasteiger partial charge in [0.2, 0.25) is 10.9 Å². The van der Waals surface area contributed by atoms with Crippen molar-refractivity contribution >= 4 is 23.4 Å². The Morgan fingerprint density at radius 1 is 0.643 bits per heavy atom. The summed E-state index contributed by atoms with van der Waals surface area (Å²) in [7, 11) is 0. The van der Waals surface area contributed by atoms with Crippen molar-refractivity contribution in [2.45, 2.75) is 103 Å². The van der Waals surface area contributed by atoms with Gasteiger partial charge >= 0.3 is 0 Å². The van der Waals surface area contributed by atoms with E-state index in [-0.39, 0.29) is 133 Å². The molecular formula is C54H64F2N4O9Pd-2. The van der Waals surface area contributed by atoms with Gasteiger partial charge in [-0.15, -0.1) is 0 Å². The van der Waals surface area contributed by atoms with Crippen molar-refractivity contribution in [1.29, 1.82) is 0 Å². The third kappa shape index (κ3) is 12.8. The van der Waals surface area contributed by atoms with E-state index in [0.717, 1.165) is 55.6 Å². The molecule has 0 spiro atoms. The summed E-state index contributed by atoms with van der Waals surface area (Å²) in [6.45, 7) is 4.39. The van der Waals surface area contributed by atoms with Crippen LogP contribution in [0.25, 0.3) is 0 Å². The molecule has 13 nitrogen and oxygen atoms in total. The molecule has 0 aliphatic carbocycles. The first kappa shape index (κ1) is 56.5. The Balaban J connectivity index is 0.000000326. The number of hydrogen-bond acceptors (Lipinski definition) is 9. The predicted molar refractivity (Wildman–Crippen MR) is 262 cm³/mol. The number of Topliss-reactive ketones (excluding diaryl/α,β-unsaturated/α-hetero) is 2. The van der Waals surface area contributed by atoms with Gasteiger partial charge in [0.15, 0.2) is 34.5 Å². The van der Waals surface area contributed by atoms with Gasteiger partial charge in [-0.3, -0.25) is 28.8 Å². The van der Waals surface area contributed by atoms with E-state index < -0.39 is 22.4 Å². The monoisotopic (exact) mass is 1060 g/mol. The number of pyridine rings is 2. The van der Waals surface area contributed by atoms with E-state index >= 15 is 0 Å². The Kier molecular flexibility index (Phi) is 20.7. The van der Waals surface area contributed by atoms with E-state index in [1.807, 2.05) is 30.3 Å². The molecule has 70 heavy (non-hydrogen) atoms. The zero-order valence-electron chi connectivity index (χ0n) is 38.9. The van der Waals surface area contributed by atoms with Gasteiger partial charge < -0.3 is 48.4 Å². The first-order chi connectivity index (χ1) is 32.0. The first-order valence-corrected chi connectivity index (χ1v) is 22.6. The van der Waals surface area contributed by atoms with E-state index in [1.165, 1.54) is 54.1 Å². The van der Waals surface area contributed by atoms with Gasteiger partial charge in [-0.05, 0) is 92.3 Å². The van der Waals surface area contributed by atoms with Crippen molar-refractivity contribution in [3.63, 3.8) is 0 Å². The number of fused-ring (bicyclic) bond motifs is 4. The van der Waals surface area contributed by atoms with Crippen molar-refractivity contribution < 1.29 is 64.4 Å². The average molecular weight is 1060 g/mol. The molecule has 2 aromatic heterocycles. The summed E-state index contributed by atoms with van der Waals surface area (Å²) in [5, 5.41) is 10.3. The number of aromatic nitrogens is 2. The Morgan fingerprint density at radius 2 is 1.10 bits per heavy atom. The molecule has 0 unspecified atom stereocenters.